The maximum atomic E-state index is 13.0. The number of nitriles is 2. The van der Waals surface area contributed by atoms with E-state index < -0.39 is 21.4 Å². The molecule has 4 atom stereocenters. The number of hydrogen-bond acceptors (Lipinski definition) is 6. The third-order valence-electron chi connectivity index (χ3n) is 7.17. The molecule has 8 heteroatoms. The molecule has 1 aliphatic heterocycles. The van der Waals surface area contributed by atoms with E-state index in [1.54, 1.807) is 6.07 Å². The van der Waals surface area contributed by atoms with Crippen LogP contribution in [0.2, 0.25) is 0 Å². The molecule has 2 fully saturated rings. The van der Waals surface area contributed by atoms with Crippen LogP contribution in [0, 0.1) is 34.5 Å². The number of carbonyl (C=O) groups excluding carboxylic acids is 1. The van der Waals surface area contributed by atoms with Crippen LogP contribution in [0.4, 0.5) is 0 Å². The average Bonchev–Trinajstić information content (AvgIpc) is 3.31. The summed E-state index contributed by atoms with van der Waals surface area (Å²) in [6.07, 6.45) is 3.30. The van der Waals surface area contributed by atoms with Crippen molar-refractivity contribution >= 4 is 15.7 Å². The zero-order valence-corrected chi connectivity index (χ0v) is 19.4. The summed E-state index contributed by atoms with van der Waals surface area (Å²) in [5.41, 5.74) is 1.92. The minimum Gasteiger partial charge on any atom is -0.338 e. The van der Waals surface area contributed by atoms with Crippen LogP contribution in [0.5, 0.6) is 0 Å². The van der Waals surface area contributed by atoms with Gasteiger partial charge in [-0.1, -0.05) is 37.3 Å². The van der Waals surface area contributed by atoms with Crippen molar-refractivity contribution in [2.24, 2.45) is 11.8 Å². The Morgan fingerprint density at radius 2 is 1.91 bits per heavy atom. The molecule has 1 amide bonds. The molecule has 0 radical (unpaired) electrons. The first kappa shape index (κ1) is 23.0. The molecule has 0 spiro atoms. The highest BCUT2D eigenvalue weighted by Gasteiger charge is 2.55. The van der Waals surface area contributed by atoms with Crippen molar-refractivity contribution in [3.8, 4) is 23.3 Å². The number of nitrogens with zero attached hydrogens (tertiary/aromatic N) is 2. The van der Waals surface area contributed by atoms with Gasteiger partial charge in [0.1, 0.15) is 17.6 Å². The Hall–Kier alpha value is -3.20. The summed E-state index contributed by atoms with van der Waals surface area (Å²) in [6, 6.07) is 15.6. The van der Waals surface area contributed by atoms with E-state index in [4.69, 9.17) is 0 Å². The predicted molar refractivity (Wildman–Crippen MR) is 124 cm³/mol. The number of nitrogens with one attached hydrogen (secondary N) is 2. The Morgan fingerprint density at radius 3 is 2.42 bits per heavy atom. The van der Waals surface area contributed by atoms with Gasteiger partial charge in [0.25, 0.3) is 0 Å². The van der Waals surface area contributed by atoms with Gasteiger partial charge in [0, 0.05) is 12.7 Å². The largest absolute Gasteiger partial charge is 0.338 e. The number of sulfone groups is 1. The summed E-state index contributed by atoms with van der Waals surface area (Å²) in [4.78, 5) is 13.0. The lowest BCUT2D eigenvalue weighted by Crippen LogP contribution is -2.57. The molecule has 2 N–H and O–H groups in total. The molecule has 0 aromatic heterocycles. The molecule has 33 heavy (non-hydrogen) atoms. The van der Waals surface area contributed by atoms with Crippen molar-refractivity contribution in [3.05, 3.63) is 53.6 Å². The third-order valence-corrected chi connectivity index (χ3v) is 8.31. The van der Waals surface area contributed by atoms with Crippen LogP contribution >= 0.6 is 0 Å². The molecular formula is C25H26N4O3S. The zero-order valence-electron chi connectivity index (χ0n) is 18.6. The Balaban J connectivity index is 1.48. The fourth-order valence-electron chi connectivity index (χ4n) is 5.12. The summed E-state index contributed by atoms with van der Waals surface area (Å²) in [7, 11) is -3.53. The Bertz CT molecular complexity index is 1260. The summed E-state index contributed by atoms with van der Waals surface area (Å²) in [5, 5.41) is 25.1. The number of carbonyl (C=O) groups is 1. The van der Waals surface area contributed by atoms with Crippen LogP contribution < -0.4 is 10.6 Å². The van der Waals surface area contributed by atoms with Gasteiger partial charge in [-0.25, -0.2) is 8.42 Å². The van der Waals surface area contributed by atoms with Crippen LogP contribution in [0.1, 0.15) is 30.9 Å². The van der Waals surface area contributed by atoms with E-state index in [0.717, 1.165) is 36.8 Å². The van der Waals surface area contributed by atoms with E-state index in [1.165, 1.54) is 12.1 Å². The summed E-state index contributed by atoms with van der Waals surface area (Å²) >= 11 is 0. The van der Waals surface area contributed by atoms with Crippen LogP contribution in [0.15, 0.2) is 47.4 Å². The first-order chi connectivity index (χ1) is 15.7. The smallest absolute Gasteiger partial charge is 0.241 e. The number of rotatable bonds is 6. The number of piperidine rings is 1. The van der Waals surface area contributed by atoms with Gasteiger partial charge < -0.3 is 10.6 Å². The molecule has 7 nitrogen and oxygen atoms in total. The van der Waals surface area contributed by atoms with Crippen molar-refractivity contribution in [1.29, 1.82) is 10.5 Å². The second-order valence-corrected chi connectivity index (χ2v) is 11.1. The highest BCUT2D eigenvalue weighted by molar-refractivity contribution is 7.90. The van der Waals surface area contributed by atoms with Gasteiger partial charge in [0.15, 0.2) is 9.84 Å². The Morgan fingerprint density at radius 1 is 1.21 bits per heavy atom. The van der Waals surface area contributed by atoms with Gasteiger partial charge >= 0.3 is 0 Å². The van der Waals surface area contributed by atoms with Crippen LogP contribution in [-0.4, -0.2) is 38.7 Å². The summed E-state index contributed by atoms with van der Waals surface area (Å²) < 4.78 is 24.1. The van der Waals surface area contributed by atoms with Crippen molar-refractivity contribution in [3.63, 3.8) is 0 Å². The van der Waals surface area contributed by atoms with Crippen LogP contribution in [-0.2, 0) is 21.1 Å². The van der Waals surface area contributed by atoms with Crippen LogP contribution in [0.25, 0.3) is 11.1 Å². The van der Waals surface area contributed by atoms with Crippen molar-refractivity contribution in [2.75, 3.05) is 12.8 Å². The fourth-order valence-corrected chi connectivity index (χ4v) is 5.98. The minimum absolute atomic E-state index is 0.00195. The number of hydrogen-bond donors (Lipinski definition) is 2. The van der Waals surface area contributed by atoms with Gasteiger partial charge in [0.05, 0.1) is 16.5 Å². The molecule has 4 rings (SSSR count). The molecule has 2 aliphatic rings. The van der Waals surface area contributed by atoms with E-state index in [1.807, 2.05) is 30.3 Å². The third kappa shape index (κ3) is 4.25. The molecule has 1 heterocycles. The highest BCUT2D eigenvalue weighted by atomic mass is 32.2. The van der Waals surface area contributed by atoms with Crippen molar-refractivity contribution < 1.29 is 13.2 Å². The lowest BCUT2D eigenvalue weighted by atomic mass is 9.87. The van der Waals surface area contributed by atoms with E-state index >= 15 is 0 Å². The second kappa shape index (κ2) is 8.62. The van der Waals surface area contributed by atoms with Gasteiger partial charge in [-0.05, 0) is 60.0 Å². The monoisotopic (exact) mass is 462 g/mol. The molecule has 2 aromatic rings. The molecule has 170 valence electrons. The molecule has 2 bridgehead atoms. The molecule has 1 saturated heterocycles. The number of benzene rings is 2. The van der Waals surface area contributed by atoms with E-state index in [-0.39, 0.29) is 22.3 Å². The Labute approximate surface area is 194 Å². The molecular weight excluding hydrogens is 436 g/mol. The van der Waals surface area contributed by atoms with Crippen LogP contribution in [0.3, 0.4) is 0 Å². The Kier molecular flexibility index (Phi) is 6.00. The predicted octanol–water partition coefficient (Wildman–Crippen LogP) is 2.57. The van der Waals surface area contributed by atoms with Crippen molar-refractivity contribution in [2.45, 2.75) is 42.7 Å². The average molecular weight is 463 g/mol. The summed E-state index contributed by atoms with van der Waals surface area (Å²) in [5.74, 6) is 0.693. The van der Waals surface area contributed by atoms with Gasteiger partial charge in [-0.15, -0.1) is 0 Å². The van der Waals surface area contributed by atoms with Gasteiger partial charge in [0.2, 0.25) is 5.91 Å². The maximum Gasteiger partial charge on any atom is 0.241 e. The van der Waals surface area contributed by atoms with E-state index in [0.29, 0.717) is 17.9 Å². The normalized spacial score (nSPS) is 24.6. The first-order valence-corrected chi connectivity index (χ1v) is 12.9. The topological polar surface area (TPSA) is 123 Å². The van der Waals surface area contributed by atoms with Crippen molar-refractivity contribution in [1.82, 2.24) is 10.6 Å². The highest BCUT2D eigenvalue weighted by Crippen LogP contribution is 2.45. The molecule has 2 aromatic carbocycles. The fraction of sp³-hybridized carbons (Fsp3) is 0.400. The molecule has 4 unspecified atom stereocenters. The van der Waals surface area contributed by atoms with Gasteiger partial charge in [-0.3, -0.25) is 4.79 Å². The maximum absolute atomic E-state index is 13.0. The SMILES string of the molecule is CC1C2CCC1(C(=O)NC(C#N)Cc1ccc(-c3ccc(C#N)c(S(C)(=O)=O)c3)cc1)NC2. The lowest BCUT2D eigenvalue weighted by Gasteiger charge is -2.30. The molecule has 1 aliphatic carbocycles. The molecule has 1 saturated carbocycles. The zero-order chi connectivity index (χ0) is 23.8. The number of fused-ring (bicyclic) bond motifs is 2. The quantitative estimate of drug-likeness (QED) is 0.680. The van der Waals surface area contributed by atoms with E-state index in [9.17, 15) is 23.7 Å². The second-order valence-electron chi connectivity index (χ2n) is 9.09. The number of amides is 1. The van der Waals surface area contributed by atoms with Gasteiger partial charge in [-0.2, -0.15) is 10.5 Å². The summed E-state index contributed by atoms with van der Waals surface area (Å²) in [6.45, 7) is 2.96. The minimum atomic E-state index is -3.53. The van der Waals surface area contributed by atoms with E-state index in [2.05, 4.69) is 23.6 Å². The standard InChI is InChI=1S/C25H26N4O3S/c1-16-21-9-10-25(16,28-15-21)24(30)29-22(14-27)11-17-3-5-18(6-4-17)19-7-8-20(13-26)23(12-19)33(2,31)32/h3-8,12,16,21-22,28H,9-11,15H2,1-2H3,(H,29,30). The lowest BCUT2D eigenvalue weighted by molar-refractivity contribution is -0.128. The first-order valence-electron chi connectivity index (χ1n) is 11.0.